The van der Waals surface area contributed by atoms with Crippen LogP contribution >= 0.6 is 0 Å². The van der Waals surface area contributed by atoms with Crippen LogP contribution < -0.4 is 0 Å². The van der Waals surface area contributed by atoms with Crippen LogP contribution in [0.3, 0.4) is 0 Å². The summed E-state index contributed by atoms with van der Waals surface area (Å²) in [5.41, 5.74) is 0. The average molecular weight is 199 g/mol. The molecule has 1 saturated heterocycles. The second-order valence-corrected chi connectivity index (χ2v) is 4.43. The highest BCUT2D eigenvalue weighted by Gasteiger charge is 2.38. The van der Waals surface area contributed by atoms with Gasteiger partial charge in [-0.25, -0.2) is 0 Å². The molecule has 1 saturated carbocycles. The zero-order chi connectivity index (χ0) is 10.1. The Balaban J connectivity index is 1.90. The highest BCUT2D eigenvalue weighted by Crippen LogP contribution is 2.31. The van der Waals surface area contributed by atoms with Crippen LogP contribution in [0.2, 0.25) is 0 Å². The quantitative estimate of drug-likeness (QED) is 0.713. The largest absolute Gasteiger partial charge is 0.481 e. The number of aliphatic carboxylic acids is 1. The van der Waals surface area contributed by atoms with Crippen molar-refractivity contribution < 1.29 is 14.6 Å². The van der Waals surface area contributed by atoms with Gasteiger partial charge in [-0.05, 0) is 25.8 Å². The second-order valence-electron chi connectivity index (χ2n) is 4.43. The maximum absolute atomic E-state index is 10.9. The minimum absolute atomic E-state index is 0.0769. The SMILES string of the molecule is CN(CC1CC1)C1COCC1C(=O)O. The monoisotopic (exact) mass is 199 g/mol. The third-order valence-electron chi connectivity index (χ3n) is 3.18. The first-order chi connectivity index (χ1) is 6.68. The van der Waals surface area contributed by atoms with Crippen LogP contribution in [-0.4, -0.2) is 48.8 Å². The van der Waals surface area contributed by atoms with Crippen LogP contribution in [0, 0.1) is 11.8 Å². The highest BCUT2D eigenvalue weighted by molar-refractivity contribution is 5.71. The Labute approximate surface area is 83.8 Å². The molecule has 2 rings (SSSR count). The van der Waals surface area contributed by atoms with E-state index in [1.54, 1.807) is 0 Å². The molecule has 1 aliphatic heterocycles. The number of hydrogen-bond acceptors (Lipinski definition) is 3. The van der Waals surface area contributed by atoms with Crippen molar-refractivity contribution in [2.75, 3.05) is 26.8 Å². The zero-order valence-corrected chi connectivity index (χ0v) is 8.48. The van der Waals surface area contributed by atoms with Gasteiger partial charge in [0.05, 0.1) is 19.1 Å². The standard InChI is InChI=1S/C10H17NO3/c1-11(4-7-2-3-7)9-6-14-5-8(9)10(12)13/h7-9H,2-6H2,1H3,(H,12,13). The average Bonchev–Trinajstić information content (AvgIpc) is 2.81. The molecule has 0 bridgehead atoms. The minimum atomic E-state index is -0.727. The molecule has 2 atom stereocenters. The lowest BCUT2D eigenvalue weighted by Crippen LogP contribution is -2.41. The summed E-state index contributed by atoms with van der Waals surface area (Å²) in [7, 11) is 2.01. The van der Waals surface area contributed by atoms with E-state index in [0.29, 0.717) is 13.2 Å². The molecule has 1 heterocycles. The van der Waals surface area contributed by atoms with Crippen molar-refractivity contribution in [3.05, 3.63) is 0 Å². The summed E-state index contributed by atoms with van der Waals surface area (Å²) in [5, 5.41) is 8.98. The molecule has 0 radical (unpaired) electrons. The minimum Gasteiger partial charge on any atom is -0.481 e. The van der Waals surface area contributed by atoms with E-state index in [4.69, 9.17) is 9.84 Å². The van der Waals surface area contributed by atoms with Gasteiger partial charge in [-0.2, -0.15) is 0 Å². The van der Waals surface area contributed by atoms with Crippen LogP contribution in [0.5, 0.6) is 0 Å². The molecule has 0 aromatic heterocycles. The number of hydrogen-bond donors (Lipinski definition) is 1. The molecule has 0 aromatic carbocycles. The lowest BCUT2D eigenvalue weighted by molar-refractivity contribution is -0.143. The lowest BCUT2D eigenvalue weighted by atomic mass is 10.0. The number of carboxylic acids is 1. The molecule has 0 spiro atoms. The molecule has 80 valence electrons. The third-order valence-corrected chi connectivity index (χ3v) is 3.18. The predicted octanol–water partition coefficient (Wildman–Crippen LogP) is 0.428. The lowest BCUT2D eigenvalue weighted by Gasteiger charge is -2.25. The third kappa shape index (κ3) is 2.07. The van der Waals surface area contributed by atoms with Crippen LogP contribution in [0.15, 0.2) is 0 Å². The van der Waals surface area contributed by atoms with Crippen molar-refractivity contribution >= 4 is 5.97 Å². The topological polar surface area (TPSA) is 49.8 Å². The number of carboxylic acid groups (broad SMARTS) is 1. The Morgan fingerprint density at radius 2 is 2.21 bits per heavy atom. The summed E-state index contributed by atoms with van der Waals surface area (Å²) < 4.78 is 5.23. The normalized spacial score (nSPS) is 32.4. The molecule has 0 amide bonds. The van der Waals surface area contributed by atoms with Crippen LogP contribution in [0.4, 0.5) is 0 Å². The Kier molecular flexibility index (Phi) is 2.74. The fourth-order valence-corrected chi connectivity index (χ4v) is 2.06. The Bertz CT molecular complexity index is 227. The number of carbonyl (C=O) groups is 1. The fraction of sp³-hybridized carbons (Fsp3) is 0.900. The van der Waals surface area contributed by atoms with Crippen molar-refractivity contribution in [1.29, 1.82) is 0 Å². The van der Waals surface area contributed by atoms with Gasteiger partial charge in [0.2, 0.25) is 0 Å². The Morgan fingerprint density at radius 1 is 1.50 bits per heavy atom. The van der Waals surface area contributed by atoms with Crippen LogP contribution in [0.1, 0.15) is 12.8 Å². The fourth-order valence-electron chi connectivity index (χ4n) is 2.06. The van der Waals surface area contributed by atoms with Crippen molar-refractivity contribution in [1.82, 2.24) is 4.90 Å². The van der Waals surface area contributed by atoms with Gasteiger partial charge in [0.25, 0.3) is 0 Å². The summed E-state index contributed by atoms with van der Waals surface area (Å²) in [5.74, 6) is -0.260. The van der Waals surface area contributed by atoms with Gasteiger partial charge in [-0.3, -0.25) is 9.69 Å². The van der Waals surface area contributed by atoms with Gasteiger partial charge >= 0.3 is 5.97 Å². The molecule has 0 aromatic rings. The van der Waals surface area contributed by atoms with E-state index in [9.17, 15) is 4.79 Å². The summed E-state index contributed by atoms with van der Waals surface area (Å²) in [6.45, 7) is 1.97. The zero-order valence-electron chi connectivity index (χ0n) is 8.48. The van der Waals surface area contributed by atoms with Gasteiger partial charge in [0.15, 0.2) is 0 Å². The van der Waals surface area contributed by atoms with Gasteiger partial charge < -0.3 is 9.84 Å². The van der Waals surface area contributed by atoms with Gasteiger partial charge in [0.1, 0.15) is 0 Å². The van der Waals surface area contributed by atoms with Crippen molar-refractivity contribution in [3.63, 3.8) is 0 Å². The first-order valence-electron chi connectivity index (χ1n) is 5.19. The van der Waals surface area contributed by atoms with Crippen LogP contribution in [0.25, 0.3) is 0 Å². The van der Waals surface area contributed by atoms with Gasteiger partial charge in [-0.15, -0.1) is 0 Å². The molecule has 4 nitrogen and oxygen atoms in total. The van der Waals surface area contributed by atoms with Crippen molar-refractivity contribution in [3.8, 4) is 0 Å². The number of ether oxygens (including phenoxy) is 1. The molecular weight excluding hydrogens is 182 g/mol. The van der Waals surface area contributed by atoms with E-state index < -0.39 is 5.97 Å². The van der Waals surface area contributed by atoms with Crippen LogP contribution in [-0.2, 0) is 9.53 Å². The first-order valence-corrected chi connectivity index (χ1v) is 5.19. The van der Waals surface area contributed by atoms with E-state index in [1.165, 1.54) is 12.8 Å². The van der Waals surface area contributed by atoms with E-state index in [2.05, 4.69) is 4.90 Å². The molecule has 14 heavy (non-hydrogen) atoms. The smallest absolute Gasteiger partial charge is 0.310 e. The Morgan fingerprint density at radius 3 is 2.79 bits per heavy atom. The Hall–Kier alpha value is -0.610. The summed E-state index contributed by atoms with van der Waals surface area (Å²) >= 11 is 0. The number of nitrogens with zero attached hydrogens (tertiary/aromatic N) is 1. The van der Waals surface area contributed by atoms with Gasteiger partial charge in [-0.1, -0.05) is 0 Å². The summed E-state index contributed by atoms with van der Waals surface area (Å²) in [6, 6.07) is 0.0769. The van der Waals surface area contributed by atoms with E-state index in [0.717, 1.165) is 12.5 Å². The van der Waals surface area contributed by atoms with E-state index in [-0.39, 0.29) is 12.0 Å². The van der Waals surface area contributed by atoms with Gasteiger partial charge in [0, 0.05) is 12.6 Å². The summed E-state index contributed by atoms with van der Waals surface area (Å²) in [6.07, 6.45) is 2.60. The molecule has 2 aliphatic rings. The molecule has 2 unspecified atom stereocenters. The molecule has 4 heteroatoms. The van der Waals surface area contributed by atoms with E-state index in [1.807, 2.05) is 7.05 Å². The highest BCUT2D eigenvalue weighted by atomic mass is 16.5. The molecular formula is C10H17NO3. The summed E-state index contributed by atoms with van der Waals surface area (Å²) in [4.78, 5) is 13.1. The maximum atomic E-state index is 10.9. The second kappa shape index (κ2) is 3.87. The number of rotatable bonds is 4. The molecule has 1 aliphatic carbocycles. The van der Waals surface area contributed by atoms with E-state index >= 15 is 0 Å². The maximum Gasteiger partial charge on any atom is 0.310 e. The first kappa shape index (κ1) is 9.93. The van der Waals surface area contributed by atoms with Crippen molar-refractivity contribution in [2.24, 2.45) is 11.8 Å². The number of likely N-dealkylation sites (N-methyl/N-ethyl adjacent to an activating group) is 1. The predicted molar refractivity (Wildman–Crippen MR) is 51.1 cm³/mol. The van der Waals surface area contributed by atoms with Crippen molar-refractivity contribution in [2.45, 2.75) is 18.9 Å². The molecule has 2 fully saturated rings. The molecule has 1 N–H and O–H groups in total.